The van der Waals surface area contributed by atoms with Gasteiger partial charge in [0.1, 0.15) is 24.9 Å². The van der Waals surface area contributed by atoms with Gasteiger partial charge in [-0.3, -0.25) is 9.59 Å². The van der Waals surface area contributed by atoms with Crippen molar-refractivity contribution in [1.82, 2.24) is 9.97 Å². The Hall–Kier alpha value is -4.32. The number of carboxylic acid groups (broad SMARTS) is 2. The zero-order chi connectivity index (χ0) is 28.2. The van der Waals surface area contributed by atoms with E-state index < -0.39 is 18.1 Å². The molecule has 1 fully saturated rings. The molecule has 0 aliphatic heterocycles. The molecule has 12 heteroatoms. The predicted octanol–water partition coefficient (Wildman–Crippen LogP) is 1.88. The zero-order valence-electron chi connectivity index (χ0n) is 20.6. The van der Waals surface area contributed by atoms with Gasteiger partial charge in [-0.15, -0.1) is 0 Å². The van der Waals surface area contributed by atoms with Crippen molar-refractivity contribution in [2.75, 3.05) is 19.7 Å². The van der Waals surface area contributed by atoms with E-state index in [1.165, 1.54) is 17.7 Å². The van der Waals surface area contributed by atoms with Crippen LogP contribution in [0.4, 0.5) is 13.2 Å². The summed E-state index contributed by atoms with van der Waals surface area (Å²) in [5.74, 6) is -2.99. The number of aromatic nitrogens is 2. The van der Waals surface area contributed by atoms with E-state index in [1.54, 1.807) is 0 Å². The van der Waals surface area contributed by atoms with E-state index in [0.29, 0.717) is 24.8 Å². The lowest BCUT2D eigenvalue weighted by Gasteiger charge is -2.18. The Kier molecular flexibility index (Phi) is 8.24. The first-order chi connectivity index (χ1) is 18.5. The number of carbonyl (C=O) groups is 2. The molecule has 0 spiro atoms. The fraction of sp³-hybridized carbons (Fsp3) is 0.296. The molecule has 2 aromatic carbocycles. The second-order valence-corrected chi connectivity index (χ2v) is 9.24. The molecule has 206 valence electrons. The highest BCUT2D eigenvalue weighted by Gasteiger charge is 2.33. The number of pyridine rings is 1. The van der Waals surface area contributed by atoms with Crippen LogP contribution in [0.15, 0.2) is 59.4 Å². The van der Waals surface area contributed by atoms with Crippen LogP contribution >= 0.6 is 0 Å². The molecule has 1 atom stereocenters. The third-order valence-electron chi connectivity index (χ3n) is 6.37. The number of para-hydroxylation sites is 1. The molecule has 2 aromatic heterocycles. The number of nitrogens with one attached hydrogen (secondary N) is 3. The van der Waals surface area contributed by atoms with Gasteiger partial charge < -0.3 is 34.6 Å². The van der Waals surface area contributed by atoms with E-state index in [4.69, 9.17) is 19.7 Å². The quantitative estimate of drug-likeness (QED) is 0.253. The number of H-pyrrole nitrogens is 2. The van der Waals surface area contributed by atoms with Gasteiger partial charge in [0.05, 0.1) is 30.3 Å². The summed E-state index contributed by atoms with van der Waals surface area (Å²) in [7, 11) is 0. The highest BCUT2D eigenvalue weighted by molar-refractivity contribution is 5.89. The molecule has 39 heavy (non-hydrogen) atoms. The van der Waals surface area contributed by atoms with Crippen LogP contribution in [0, 0.1) is 0 Å². The molecule has 0 amide bonds. The number of hydrogen-bond donors (Lipinski definition) is 4. The molecule has 1 unspecified atom stereocenters. The van der Waals surface area contributed by atoms with Crippen molar-refractivity contribution in [2.45, 2.75) is 31.5 Å². The Morgan fingerprint density at radius 3 is 2.36 bits per heavy atom. The van der Waals surface area contributed by atoms with Crippen LogP contribution in [0.5, 0.6) is 5.75 Å². The number of rotatable bonds is 9. The first kappa shape index (κ1) is 27.7. The van der Waals surface area contributed by atoms with Crippen molar-refractivity contribution in [2.24, 2.45) is 0 Å². The summed E-state index contributed by atoms with van der Waals surface area (Å²) in [6.45, 7) is 1.98. The Morgan fingerprint density at radius 2 is 1.69 bits per heavy atom. The number of ether oxygens (including phenoxy) is 1. The number of carboxylic acids is 2. The summed E-state index contributed by atoms with van der Waals surface area (Å²) < 4.78 is 37.5. The van der Waals surface area contributed by atoms with Crippen molar-refractivity contribution < 1.29 is 42.6 Å². The third kappa shape index (κ3) is 7.38. The molecule has 9 nitrogen and oxygen atoms in total. The Labute approximate surface area is 219 Å². The van der Waals surface area contributed by atoms with Crippen molar-refractivity contribution >= 4 is 33.7 Å². The average Bonchev–Trinajstić information content (AvgIpc) is 3.63. The van der Waals surface area contributed by atoms with Gasteiger partial charge in [0, 0.05) is 29.3 Å². The summed E-state index contributed by atoms with van der Waals surface area (Å²) in [6.07, 6.45) is -2.67. The lowest BCUT2D eigenvalue weighted by molar-refractivity contribution is -0.910. The summed E-state index contributed by atoms with van der Waals surface area (Å²) in [5.41, 5.74) is 2.99. The number of halogens is 3. The van der Waals surface area contributed by atoms with Crippen LogP contribution in [-0.4, -0.2) is 58.9 Å². The third-order valence-corrected chi connectivity index (χ3v) is 6.37. The minimum absolute atomic E-state index is 0.128. The summed E-state index contributed by atoms with van der Waals surface area (Å²) in [6, 6.07) is 18.0. The minimum atomic E-state index is -5.19. The number of hydrogen-bond acceptors (Lipinski definition) is 5. The molecule has 5 rings (SSSR count). The topological polar surface area (TPSA) is 140 Å². The SMILES string of the molecule is O=C(O)CC[NH+](CCOc1ccc2[nH]c(-c3cc4ccccc4[nH]c3=O)cc2c1)C1CC1.O=C([O-])C(F)(F)F. The van der Waals surface area contributed by atoms with Gasteiger partial charge in [0.15, 0.2) is 0 Å². The zero-order valence-corrected chi connectivity index (χ0v) is 20.6. The van der Waals surface area contributed by atoms with Gasteiger partial charge in [-0.1, -0.05) is 18.2 Å². The molecule has 0 bridgehead atoms. The standard InChI is InChI=1S/C25H25N3O4.C2HF3O2/c29-24(30)9-10-28(18-5-6-18)11-12-32-19-7-8-22-17(13-19)15-23(26-22)20-14-16-3-1-2-4-21(16)27-25(20)31;3-2(4,5)1(6)7/h1-4,7-8,13-15,18,26H,5-6,9-12H2,(H,27,31)(H,29,30);(H,6,7). The summed E-state index contributed by atoms with van der Waals surface area (Å²) in [5, 5.41) is 19.7. The van der Waals surface area contributed by atoms with Crippen LogP contribution < -0.4 is 20.3 Å². The Bertz CT molecular complexity index is 1540. The average molecular weight is 546 g/mol. The number of benzene rings is 2. The summed E-state index contributed by atoms with van der Waals surface area (Å²) >= 11 is 0. The number of alkyl halides is 3. The molecule has 4 aromatic rings. The number of fused-ring (bicyclic) bond motifs is 2. The number of aliphatic carboxylic acids is 2. The second-order valence-electron chi connectivity index (χ2n) is 9.24. The maximum absolute atomic E-state index is 12.6. The number of quaternary nitrogens is 1. The molecule has 0 saturated heterocycles. The Balaban J connectivity index is 0.000000448. The van der Waals surface area contributed by atoms with E-state index in [9.17, 15) is 22.8 Å². The first-order valence-corrected chi connectivity index (χ1v) is 12.2. The van der Waals surface area contributed by atoms with Gasteiger partial charge in [-0.25, -0.2) is 0 Å². The van der Waals surface area contributed by atoms with Crippen LogP contribution in [0.3, 0.4) is 0 Å². The highest BCUT2D eigenvalue weighted by Crippen LogP contribution is 2.27. The maximum atomic E-state index is 12.6. The van der Waals surface area contributed by atoms with Crippen molar-refractivity contribution in [3.8, 4) is 17.0 Å². The van der Waals surface area contributed by atoms with Crippen LogP contribution in [0.1, 0.15) is 19.3 Å². The van der Waals surface area contributed by atoms with E-state index in [0.717, 1.165) is 39.8 Å². The maximum Gasteiger partial charge on any atom is 0.430 e. The van der Waals surface area contributed by atoms with Crippen LogP contribution in [0.2, 0.25) is 0 Å². The van der Waals surface area contributed by atoms with Crippen LogP contribution in [0.25, 0.3) is 33.1 Å². The van der Waals surface area contributed by atoms with E-state index in [-0.39, 0.29) is 12.0 Å². The fourth-order valence-electron chi connectivity index (χ4n) is 4.29. The molecule has 1 aliphatic carbocycles. The van der Waals surface area contributed by atoms with Crippen molar-refractivity contribution in [3.63, 3.8) is 0 Å². The van der Waals surface area contributed by atoms with Gasteiger partial charge >= 0.3 is 12.1 Å². The lowest BCUT2D eigenvalue weighted by Crippen LogP contribution is -3.14. The smallest absolute Gasteiger partial charge is 0.430 e. The number of aromatic amines is 2. The first-order valence-electron chi connectivity index (χ1n) is 12.2. The van der Waals surface area contributed by atoms with Gasteiger partial charge in [0.2, 0.25) is 0 Å². The molecule has 2 heterocycles. The highest BCUT2D eigenvalue weighted by atomic mass is 19.4. The molecule has 1 aliphatic rings. The fourth-order valence-corrected chi connectivity index (χ4v) is 4.29. The molecule has 0 radical (unpaired) electrons. The van der Waals surface area contributed by atoms with Gasteiger partial charge in [0.25, 0.3) is 5.56 Å². The molecule has 4 N–H and O–H groups in total. The van der Waals surface area contributed by atoms with Gasteiger partial charge in [-0.2, -0.15) is 13.2 Å². The lowest BCUT2D eigenvalue weighted by atomic mass is 10.1. The van der Waals surface area contributed by atoms with Crippen molar-refractivity contribution in [3.05, 3.63) is 65.0 Å². The van der Waals surface area contributed by atoms with Crippen LogP contribution in [-0.2, 0) is 9.59 Å². The largest absolute Gasteiger partial charge is 0.542 e. The molecule has 1 saturated carbocycles. The number of carbonyl (C=O) groups excluding carboxylic acids is 1. The normalized spacial score (nSPS) is 14.0. The summed E-state index contributed by atoms with van der Waals surface area (Å²) in [4.78, 5) is 39.9. The molecular formula is C27H26F3N3O6. The Morgan fingerprint density at radius 1 is 1.00 bits per heavy atom. The van der Waals surface area contributed by atoms with Gasteiger partial charge in [-0.05, 0) is 41.8 Å². The molecular weight excluding hydrogens is 519 g/mol. The minimum Gasteiger partial charge on any atom is -0.542 e. The monoisotopic (exact) mass is 545 g/mol. The predicted molar refractivity (Wildman–Crippen MR) is 134 cm³/mol. The second kappa shape index (κ2) is 11.6. The van der Waals surface area contributed by atoms with Crippen molar-refractivity contribution in [1.29, 1.82) is 0 Å². The van der Waals surface area contributed by atoms with E-state index >= 15 is 0 Å². The van der Waals surface area contributed by atoms with E-state index in [1.807, 2.05) is 54.6 Å². The van der Waals surface area contributed by atoms with E-state index in [2.05, 4.69) is 9.97 Å².